The van der Waals surface area contributed by atoms with E-state index >= 15 is 0 Å². The van der Waals surface area contributed by atoms with Gasteiger partial charge in [0.1, 0.15) is 10.7 Å². The first-order valence-electron chi connectivity index (χ1n) is 5.00. The van der Waals surface area contributed by atoms with E-state index in [4.69, 9.17) is 10.8 Å². The molecule has 3 N–H and O–H groups in total. The van der Waals surface area contributed by atoms with E-state index in [9.17, 15) is 9.18 Å². The molecule has 2 rings (SSSR count). The fraction of sp³-hybridized carbons (Fsp3) is 0.0833. The van der Waals surface area contributed by atoms with Crippen LogP contribution in [0.5, 0.6) is 0 Å². The lowest BCUT2D eigenvalue weighted by atomic mass is 10.1. The van der Waals surface area contributed by atoms with Gasteiger partial charge < -0.3 is 10.8 Å². The van der Waals surface area contributed by atoms with Gasteiger partial charge in [-0.2, -0.15) is 0 Å². The van der Waals surface area contributed by atoms with E-state index < -0.39 is 11.8 Å². The maximum Gasteiger partial charge on any atom is 0.348 e. The Morgan fingerprint density at radius 1 is 1.50 bits per heavy atom. The Balaban J connectivity index is 2.69. The van der Waals surface area contributed by atoms with Crippen molar-refractivity contribution in [1.29, 1.82) is 0 Å². The average Bonchev–Trinajstić information content (AvgIpc) is 2.61. The predicted molar refractivity (Wildman–Crippen MR) is 73.5 cm³/mol. The van der Waals surface area contributed by atoms with Crippen molar-refractivity contribution in [2.45, 2.75) is 6.92 Å². The highest BCUT2D eigenvalue weighted by molar-refractivity contribution is 9.10. The van der Waals surface area contributed by atoms with Gasteiger partial charge in [0.05, 0.1) is 10.2 Å². The fourth-order valence-electron chi connectivity index (χ4n) is 1.62. The predicted octanol–water partition coefficient (Wildman–Crippen LogP) is 3.91. The zero-order chi connectivity index (χ0) is 13.4. The molecule has 3 nitrogen and oxygen atoms in total. The minimum absolute atomic E-state index is 0.0821. The Kier molecular flexibility index (Phi) is 3.41. The molecule has 0 radical (unpaired) electrons. The number of nitrogen functional groups attached to an aromatic ring is 1. The molecule has 0 aliphatic heterocycles. The first kappa shape index (κ1) is 13.0. The van der Waals surface area contributed by atoms with Gasteiger partial charge in [0.15, 0.2) is 0 Å². The summed E-state index contributed by atoms with van der Waals surface area (Å²) < 4.78 is 13.8. The second kappa shape index (κ2) is 4.70. The Hall–Kier alpha value is -1.40. The van der Waals surface area contributed by atoms with Crippen molar-refractivity contribution in [3.63, 3.8) is 0 Å². The van der Waals surface area contributed by atoms with Crippen molar-refractivity contribution in [2.24, 2.45) is 0 Å². The zero-order valence-corrected chi connectivity index (χ0v) is 11.7. The number of rotatable bonds is 2. The largest absolute Gasteiger partial charge is 0.477 e. The molecule has 1 aromatic heterocycles. The second-order valence-electron chi connectivity index (χ2n) is 3.71. The van der Waals surface area contributed by atoms with Crippen LogP contribution in [0, 0.1) is 12.7 Å². The summed E-state index contributed by atoms with van der Waals surface area (Å²) in [5.74, 6) is -1.46. The van der Waals surface area contributed by atoms with E-state index in [1.807, 2.05) is 0 Å². The van der Waals surface area contributed by atoms with E-state index in [-0.39, 0.29) is 10.6 Å². The van der Waals surface area contributed by atoms with Crippen molar-refractivity contribution in [2.75, 3.05) is 5.73 Å². The van der Waals surface area contributed by atoms with Crippen LogP contribution in [0.2, 0.25) is 0 Å². The molecule has 0 aliphatic carbocycles. The molecule has 94 valence electrons. The number of carboxylic acids is 1. The van der Waals surface area contributed by atoms with Crippen LogP contribution >= 0.6 is 27.3 Å². The SMILES string of the molecule is Cc1c(-c2cccc(F)c2Br)sc(C(=O)O)c1N. The normalized spacial score (nSPS) is 10.6. The summed E-state index contributed by atoms with van der Waals surface area (Å²) in [6, 6.07) is 4.63. The van der Waals surface area contributed by atoms with Crippen LogP contribution in [-0.4, -0.2) is 11.1 Å². The van der Waals surface area contributed by atoms with Crippen molar-refractivity contribution in [3.05, 3.63) is 38.9 Å². The first-order valence-corrected chi connectivity index (χ1v) is 6.61. The van der Waals surface area contributed by atoms with E-state index in [1.54, 1.807) is 19.1 Å². The van der Waals surface area contributed by atoms with Gasteiger partial charge in [-0.3, -0.25) is 0 Å². The molecular formula is C12H9BrFNO2S. The van der Waals surface area contributed by atoms with Crippen LogP contribution in [-0.2, 0) is 0 Å². The number of hydrogen-bond donors (Lipinski definition) is 2. The summed E-state index contributed by atoms with van der Waals surface area (Å²) >= 11 is 4.21. The smallest absolute Gasteiger partial charge is 0.348 e. The van der Waals surface area contributed by atoms with Gasteiger partial charge >= 0.3 is 5.97 Å². The molecule has 0 atom stereocenters. The van der Waals surface area contributed by atoms with Gasteiger partial charge in [-0.1, -0.05) is 12.1 Å². The zero-order valence-electron chi connectivity index (χ0n) is 9.33. The Morgan fingerprint density at radius 2 is 2.17 bits per heavy atom. The molecular weight excluding hydrogens is 321 g/mol. The first-order chi connectivity index (χ1) is 8.43. The highest BCUT2D eigenvalue weighted by Gasteiger charge is 2.20. The molecule has 18 heavy (non-hydrogen) atoms. The van der Waals surface area contributed by atoms with Crippen LogP contribution in [0.4, 0.5) is 10.1 Å². The van der Waals surface area contributed by atoms with E-state index in [1.165, 1.54) is 6.07 Å². The van der Waals surface area contributed by atoms with Crippen LogP contribution in [0.15, 0.2) is 22.7 Å². The number of nitrogens with two attached hydrogens (primary N) is 1. The number of carbonyl (C=O) groups is 1. The molecule has 6 heteroatoms. The van der Waals surface area contributed by atoms with Crippen LogP contribution < -0.4 is 5.73 Å². The number of aromatic carboxylic acids is 1. The number of benzene rings is 1. The van der Waals surface area contributed by atoms with Gasteiger partial charge in [0.25, 0.3) is 0 Å². The number of thiophene rings is 1. The third kappa shape index (κ3) is 2.02. The summed E-state index contributed by atoms with van der Waals surface area (Å²) in [4.78, 5) is 11.8. The van der Waals surface area contributed by atoms with Crippen molar-refractivity contribution in [1.82, 2.24) is 0 Å². The molecule has 0 bridgehead atoms. The van der Waals surface area contributed by atoms with Gasteiger partial charge in [-0.25, -0.2) is 9.18 Å². The summed E-state index contributed by atoms with van der Waals surface area (Å²) in [7, 11) is 0. The van der Waals surface area contributed by atoms with E-state index in [0.717, 1.165) is 11.3 Å². The monoisotopic (exact) mass is 329 g/mol. The van der Waals surface area contributed by atoms with Crippen LogP contribution in [0.3, 0.4) is 0 Å². The summed E-state index contributed by atoms with van der Waals surface area (Å²) in [6.07, 6.45) is 0. The van der Waals surface area contributed by atoms with Crippen LogP contribution in [0.1, 0.15) is 15.2 Å². The second-order valence-corrected chi connectivity index (χ2v) is 5.52. The standard InChI is InChI=1S/C12H9BrFNO2S/c1-5-9(15)11(12(16)17)18-10(5)6-3-2-4-7(14)8(6)13/h2-4H,15H2,1H3,(H,16,17). The maximum absolute atomic E-state index is 13.5. The minimum atomic E-state index is -1.07. The Bertz CT molecular complexity index is 639. The lowest BCUT2D eigenvalue weighted by Gasteiger charge is -2.04. The molecule has 0 aliphatic rings. The molecule has 0 unspecified atom stereocenters. The van der Waals surface area contributed by atoms with E-state index in [2.05, 4.69) is 15.9 Å². The lowest BCUT2D eigenvalue weighted by molar-refractivity contribution is 0.0703. The fourth-order valence-corrected chi connectivity index (χ4v) is 3.31. The van der Waals surface area contributed by atoms with Gasteiger partial charge in [-0.05, 0) is 34.5 Å². The topological polar surface area (TPSA) is 63.3 Å². The highest BCUT2D eigenvalue weighted by atomic mass is 79.9. The Morgan fingerprint density at radius 3 is 2.72 bits per heavy atom. The van der Waals surface area contributed by atoms with Crippen molar-refractivity contribution < 1.29 is 14.3 Å². The number of halogens is 2. The number of hydrogen-bond acceptors (Lipinski definition) is 3. The molecule has 0 fully saturated rings. The molecule has 0 saturated heterocycles. The molecule has 1 aromatic carbocycles. The van der Waals surface area contributed by atoms with Crippen molar-refractivity contribution >= 4 is 38.9 Å². The number of anilines is 1. The highest BCUT2D eigenvalue weighted by Crippen LogP contribution is 2.41. The number of carboxylic acid groups (broad SMARTS) is 1. The molecule has 0 spiro atoms. The molecule has 1 heterocycles. The average molecular weight is 330 g/mol. The van der Waals surface area contributed by atoms with Gasteiger partial charge in [0.2, 0.25) is 0 Å². The van der Waals surface area contributed by atoms with Gasteiger partial charge in [-0.15, -0.1) is 11.3 Å². The summed E-state index contributed by atoms with van der Waals surface area (Å²) in [5.41, 5.74) is 7.25. The third-order valence-corrected chi connectivity index (χ3v) is 4.72. The van der Waals surface area contributed by atoms with Crippen molar-refractivity contribution in [3.8, 4) is 10.4 Å². The van der Waals surface area contributed by atoms with Crippen LogP contribution in [0.25, 0.3) is 10.4 Å². The third-order valence-electron chi connectivity index (χ3n) is 2.58. The molecule has 2 aromatic rings. The van der Waals surface area contributed by atoms with Gasteiger partial charge in [0, 0.05) is 10.4 Å². The molecule has 0 saturated carbocycles. The van der Waals surface area contributed by atoms with E-state index in [0.29, 0.717) is 20.5 Å². The summed E-state index contributed by atoms with van der Waals surface area (Å²) in [6.45, 7) is 1.73. The molecule has 0 amide bonds. The summed E-state index contributed by atoms with van der Waals surface area (Å²) in [5, 5.41) is 9.02. The lowest BCUT2D eigenvalue weighted by Crippen LogP contribution is -1.97. The quantitative estimate of drug-likeness (QED) is 0.878. The maximum atomic E-state index is 13.5. The Labute approximate surface area is 115 Å². The minimum Gasteiger partial charge on any atom is -0.477 e.